The minimum absolute atomic E-state index is 0.0685. The predicted molar refractivity (Wildman–Crippen MR) is 65.0 cm³/mol. The summed E-state index contributed by atoms with van der Waals surface area (Å²) >= 11 is 3.09. The van der Waals surface area contributed by atoms with Crippen molar-refractivity contribution in [2.24, 2.45) is 0 Å². The first kappa shape index (κ1) is 13.5. The predicted octanol–water partition coefficient (Wildman–Crippen LogP) is 1.75. The molecular formula is C11H12BrNO4. The number of carboxylic acid groups (broad SMARTS) is 1. The monoisotopic (exact) mass is 301 g/mol. The smallest absolute Gasteiger partial charge is 0.326 e. The van der Waals surface area contributed by atoms with Gasteiger partial charge in [-0.15, -0.1) is 0 Å². The Morgan fingerprint density at radius 2 is 2.12 bits per heavy atom. The van der Waals surface area contributed by atoms with E-state index in [0.29, 0.717) is 10.9 Å². The Bertz CT molecular complexity index is 447. The number of phenols is 1. The number of halogens is 1. The zero-order chi connectivity index (χ0) is 13.0. The van der Waals surface area contributed by atoms with Crippen LogP contribution in [0.5, 0.6) is 5.75 Å². The lowest BCUT2D eigenvalue weighted by atomic mass is 10.1. The molecule has 0 spiro atoms. The van der Waals surface area contributed by atoms with E-state index in [1.165, 1.54) is 18.2 Å². The quantitative estimate of drug-likeness (QED) is 0.791. The van der Waals surface area contributed by atoms with Gasteiger partial charge in [0, 0.05) is 5.56 Å². The van der Waals surface area contributed by atoms with Crippen molar-refractivity contribution in [3.05, 3.63) is 28.2 Å². The zero-order valence-electron chi connectivity index (χ0n) is 9.11. The number of aliphatic carboxylic acids is 1. The maximum Gasteiger partial charge on any atom is 0.326 e. The highest BCUT2D eigenvalue weighted by molar-refractivity contribution is 9.10. The molecule has 0 bridgehead atoms. The Morgan fingerprint density at radius 1 is 1.47 bits per heavy atom. The highest BCUT2D eigenvalue weighted by Crippen LogP contribution is 2.24. The normalized spacial score (nSPS) is 11.9. The number of carbonyl (C=O) groups excluding carboxylic acids is 1. The fourth-order valence-electron chi connectivity index (χ4n) is 1.23. The molecule has 5 nitrogen and oxygen atoms in total. The van der Waals surface area contributed by atoms with Gasteiger partial charge in [0.15, 0.2) is 0 Å². The lowest BCUT2D eigenvalue weighted by Crippen LogP contribution is -2.40. The van der Waals surface area contributed by atoms with Crippen molar-refractivity contribution in [1.82, 2.24) is 5.32 Å². The third-order valence-electron chi connectivity index (χ3n) is 2.22. The molecule has 1 aromatic rings. The van der Waals surface area contributed by atoms with E-state index >= 15 is 0 Å². The van der Waals surface area contributed by atoms with E-state index in [1.54, 1.807) is 6.92 Å². The topological polar surface area (TPSA) is 86.6 Å². The SMILES string of the molecule is CC[C@@H](NC(=O)c1ccc(Br)c(O)c1)C(=O)O. The summed E-state index contributed by atoms with van der Waals surface area (Å²) in [6, 6.07) is 3.36. The van der Waals surface area contributed by atoms with Crippen molar-refractivity contribution < 1.29 is 19.8 Å². The summed E-state index contributed by atoms with van der Waals surface area (Å²) in [5.41, 5.74) is 0.213. The first-order valence-electron chi connectivity index (χ1n) is 4.98. The minimum atomic E-state index is -1.08. The third-order valence-corrected chi connectivity index (χ3v) is 2.89. The molecule has 0 saturated heterocycles. The Kier molecular flexibility index (Phi) is 4.51. The van der Waals surface area contributed by atoms with Crippen LogP contribution in [0.2, 0.25) is 0 Å². The summed E-state index contributed by atoms with van der Waals surface area (Å²) in [5, 5.41) is 20.6. The maximum atomic E-state index is 11.7. The highest BCUT2D eigenvalue weighted by Gasteiger charge is 2.18. The number of benzene rings is 1. The van der Waals surface area contributed by atoms with Crippen LogP contribution in [0.3, 0.4) is 0 Å². The average Bonchev–Trinajstić information content (AvgIpc) is 2.28. The lowest BCUT2D eigenvalue weighted by Gasteiger charge is -2.12. The van der Waals surface area contributed by atoms with E-state index in [0.717, 1.165) is 0 Å². The molecule has 92 valence electrons. The Hall–Kier alpha value is -1.56. The van der Waals surface area contributed by atoms with Crippen LogP contribution in [0.4, 0.5) is 0 Å². The van der Waals surface area contributed by atoms with Crippen molar-refractivity contribution >= 4 is 27.8 Å². The molecule has 0 unspecified atom stereocenters. The van der Waals surface area contributed by atoms with Crippen molar-refractivity contribution in [2.75, 3.05) is 0 Å². The second kappa shape index (κ2) is 5.67. The van der Waals surface area contributed by atoms with Gasteiger partial charge in [0.05, 0.1) is 4.47 Å². The summed E-state index contributed by atoms with van der Waals surface area (Å²) in [6.45, 7) is 1.66. The van der Waals surface area contributed by atoms with Gasteiger partial charge in [-0.25, -0.2) is 4.79 Å². The molecular weight excluding hydrogens is 290 g/mol. The van der Waals surface area contributed by atoms with E-state index in [2.05, 4.69) is 21.2 Å². The summed E-state index contributed by atoms with van der Waals surface area (Å²) < 4.78 is 0.472. The van der Waals surface area contributed by atoms with E-state index in [1.807, 2.05) is 0 Å². The van der Waals surface area contributed by atoms with E-state index in [9.17, 15) is 14.7 Å². The number of nitrogens with one attached hydrogen (secondary N) is 1. The molecule has 0 heterocycles. The van der Waals surface area contributed by atoms with Crippen LogP contribution in [0, 0.1) is 0 Å². The summed E-state index contributed by atoms with van der Waals surface area (Å²) in [7, 11) is 0. The van der Waals surface area contributed by atoms with Gasteiger partial charge in [0.25, 0.3) is 5.91 Å². The first-order valence-corrected chi connectivity index (χ1v) is 5.77. The van der Waals surface area contributed by atoms with Crippen LogP contribution < -0.4 is 5.32 Å². The average molecular weight is 302 g/mol. The molecule has 0 aliphatic carbocycles. The molecule has 1 amide bonds. The number of carboxylic acids is 1. The van der Waals surface area contributed by atoms with Crippen molar-refractivity contribution in [3.63, 3.8) is 0 Å². The van der Waals surface area contributed by atoms with Gasteiger partial charge >= 0.3 is 5.97 Å². The maximum absolute atomic E-state index is 11.7. The summed E-state index contributed by atoms with van der Waals surface area (Å²) in [5.74, 6) is -1.68. The molecule has 1 atom stereocenters. The van der Waals surface area contributed by atoms with Crippen LogP contribution in [0.25, 0.3) is 0 Å². The first-order chi connectivity index (χ1) is 7.95. The number of carbonyl (C=O) groups is 2. The number of phenolic OH excluding ortho intramolecular Hbond substituents is 1. The molecule has 0 aliphatic rings. The second-order valence-electron chi connectivity index (χ2n) is 3.44. The Morgan fingerprint density at radius 3 is 2.59 bits per heavy atom. The molecule has 0 aliphatic heterocycles. The number of hydrogen-bond acceptors (Lipinski definition) is 3. The minimum Gasteiger partial charge on any atom is -0.507 e. The molecule has 0 radical (unpaired) electrons. The van der Waals surface area contributed by atoms with Crippen molar-refractivity contribution in [1.29, 1.82) is 0 Å². The standard InChI is InChI=1S/C11H12BrNO4/c1-2-8(11(16)17)13-10(15)6-3-4-7(12)9(14)5-6/h3-5,8,14H,2H2,1H3,(H,13,15)(H,16,17)/t8-/m1/s1. The Balaban J connectivity index is 2.82. The molecule has 17 heavy (non-hydrogen) atoms. The molecule has 1 rings (SSSR count). The van der Waals surface area contributed by atoms with Gasteiger partial charge in [-0.05, 0) is 40.5 Å². The second-order valence-corrected chi connectivity index (χ2v) is 4.29. The van der Waals surface area contributed by atoms with Crippen molar-refractivity contribution in [2.45, 2.75) is 19.4 Å². The van der Waals surface area contributed by atoms with Crippen LogP contribution in [0.1, 0.15) is 23.7 Å². The van der Waals surface area contributed by atoms with Gasteiger partial charge in [-0.3, -0.25) is 4.79 Å². The van der Waals surface area contributed by atoms with Crippen LogP contribution >= 0.6 is 15.9 Å². The van der Waals surface area contributed by atoms with Gasteiger partial charge in [0.2, 0.25) is 0 Å². The molecule has 1 aromatic carbocycles. The number of hydrogen-bond donors (Lipinski definition) is 3. The fraction of sp³-hybridized carbons (Fsp3) is 0.273. The van der Waals surface area contributed by atoms with Gasteiger partial charge in [0.1, 0.15) is 11.8 Å². The number of aromatic hydroxyl groups is 1. The molecule has 0 saturated carbocycles. The molecule has 3 N–H and O–H groups in total. The lowest BCUT2D eigenvalue weighted by molar-refractivity contribution is -0.139. The van der Waals surface area contributed by atoms with Gasteiger partial charge in [-0.1, -0.05) is 6.92 Å². The molecule has 0 fully saturated rings. The summed E-state index contributed by atoms with van der Waals surface area (Å²) in [6.07, 6.45) is 0.295. The molecule has 0 aromatic heterocycles. The van der Waals surface area contributed by atoms with Crippen LogP contribution in [0.15, 0.2) is 22.7 Å². The number of rotatable bonds is 4. The zero-order valence-corrected chi connectivity index (χ0v) is 10.7. The van der Waals surface area contributed by atoms with Crippen LogP contribution in [-0.4, -0.2) is 28.1 Å². The Labute approximate surface area is 107 Å². The highest BCUT2D eigenvalue weighted by atomic mass is 79.9. The molecule has 6 heteroatoms. The van der Waals surface area contributed by atoms with E-state index in [-0.39, 0.29) is 11.3 Å². The van der Waals surface area contributed by atoms with E-state index in [4.69, 9.17) is 5.11 Å². The third kappa shape index (κ3) is 3.45. The largest absolute Gasteiger partial charge is 0.507 e. The van der Waals surface area contributed by atoms with Gasteiger partial charge < -0.3 is 15.5 Å². The van der Waals surface area contributed by atoms with Crippen LogP contribution in [-0.2, 0) is 4.79 Å². The number of amides is 1. The van der Waals surface area contributed by atoms with Gasteiger partial charge in [-0.2, -0.15) is 0 Å². The fourth-order valence-corrected chi connectivity index (χ4v) is 1.48. The summed E-state index contributed by atoms with van der Waals surface area (Å²) in [4.78, 5) is 22.4. The van der Waals surface area contributed by atoms with Crippen molar-refractivity contribution in [3.8, 4) is 5.75 Å². The van der Waals surface area contributed by atoms with E-state index < -0.39 is 17.9 Å².